The van der Waals surface area contributed by atoms with E-state index in [0.717, 1.165) is 54.5 Å². The molecule has 1 aromatic heterocycles. The van der Waals surface area contributed by atoms with Crippen LogP contribution in [0.15, 0.2) is 29.8 Å². The average Bonchev–Trinajstić information content (AvgIpc) is 3.06. The number of hydrogen-bond donors (Lipinski definition) is 1. The fourth-order valence-electron chi connectivity index (χ4n) is 4.32. The van der Waals surface area contributed by atoms with E-state index in [1.807, 2.05) is 12.1 Å². The van der Waals surface area contributed by atoms with Crippen LogP contribution in [0, 0.1) is 18.3 Å². The fraction of sp³-hybridized carbons (Fsp3) is 0.571. The Morgan fingerprint density at radius 3 is 2.39 bits per heavy atom. The highest BCUT2D eigenvalue weighted by Gasteiger charge is 2.15. The van der Waals surface area contributed by atoms with E-state index in [4.69, 9.17) is 0 Å². The van der Waals surface area contributed by atoms with Crippen LogP contribution in [0.5, 0.6) is 0 Å². The molecular weight excluding hydrogens is 408 g/mol. The summed E-state index contributed by atoms with van der Waals surface area (Å²) in [6.45, 7) is 6.86. The molecule has 33 heavy (non-hydrogen) atoms. The van der Waals surface area contributed by atoms with Crippen molar-refractivity contribution in [2.75, 3.05) is 27.2 Å². The van der Waals surface area contributed by atoms with E-state index in [-0.39, 0.29) is 11.5 Å². The Bertz CT molecular complexity index is 949. The zero-order valence-corrected chi connectivity index (χ0v) is 21.1. The summed E-state index contributed by atoms with van der Waals surface area (Å²) < 4.78 is 2.30. The summed E-state index contributed by atoms with van der Waals surface area (Å²) in [4.78, 5) is 14.9. The van der Waals surface area contributed by atoms with Crippen LogP contribution in [0.25, 0.3) is 17.0 Å². The van der Waals surface area contributed by atoms with Gasteiger partial charge in [-0.3, -0.25) is 4.79 Å². The molecule has 1 aromatic carbocycles. The Morgan fingerprint density at radius 2 is 1.73 bits per heavy atom. The number of fused-ring (bicyclic) bond motifs is 1. The molecule has 0 aliphatic heterocycles. The average molecular weight is 451 g/mol. The predicted molar refractivity (Wildman–Crippen MR) is 139 cm³/mol. The third kappa shape index (κ3) is 8.37. The molecule has 0 aliphatic rings. The zero-order chi connectivity index (χ0) is 24.1. The minimum absolute atomic E-state index is 0.175. The molecule has 1 heterocycles. The molecule has 0 unspecified atom stereocenters. The van der Waals surface area contributed by atoms with Gasteiger partial charge in [-0.15, -0.1) is 0 Å². The molecule has 0 saturated heterocycles. The number of carbonyl (C=O) groups excluding carboxylic acids is 1. The highest BCUT2D eigenvalue weighted by atomic mass is 16.1. The molecular formula is C28H42N4O. The zero-order valence-electron chi connectivity index (χ0n) is 21.1. The normalized spacial score (nSPS) is 11.8. The van der Waals surface area contributed by atoms with E-state index in [2.05, 4.69) is 60.9 Å². The number of carbonyl (C=O) groups is 1. The number of hydrogen-bond acceptors (Lipinski definition) is 3. The second-order valence-corrected chi connectivity index (χ2v) is 9.23. The van der Waals surface area contributed by atoms with Gasteiger partial charge in [-0.1, -0.05) is 70.1 Å². The topological polar surface area (TPSA) is 61.1 Å². The van der Waals surface area contributed by atoms with E-state index in [9.17, 15) is 10.1 Å². The van der Waals surface area contributed by atoms with Gasteiger partial charge in [0, 0.05) is 35.2 Å². The summed E-state index contributed by atoms with van der Waals surface area (Å²) in [6.07, 6.45) is 12.6. The molecule has 5 nitrogen and oxygen atoms in total. The number of benzene rings is 1. The summed E-state index contributed by atoms with van der Waals surface area (Å²) in [5, 5.41) is 13.7. The number of rotatable bonds is 15. The largest absolute Gasteiger partial charge is 0.351 e. The van der Waals surface area contributed by atoms with Crippen molar-refractivity contribution in [3.05, 3.63) is 41.1 Å². The van der Waals surface area contributed by atoms with Gasteiger partial charge in [-0.2, -0.15) is 5.26 Å². The van der Waals surface area contributed by atoms with Gasteiger partial charge < -0.3 is 14.8 Å². The van der Waals surface area contributed by atoms with Crippen LogP contribution >= 0.6 is 0 Å². The number of nitrogens with one attached hydrogen (secondary N) is 1. The Morgan fingerprint density at radius 1 is 1.06 bits per heavy atom. The summed E-state index contributed by atoms with van der Waals surface area (Å²) in [5.41, 5.74) is 3.39. The van der Waals surface area contributed by atoms with Crippen LogP contribution in [0.1, 0.15) is 76.0 Å². The second kappa shape index (κ2) is 14.5. The van der Waals surface area contributed by atoms with Crippen molar-refractivity contribution in [3.8, 4) is 6.07 Å². The molecule has 2 aromatic rings. The lowest BCUT2D eigenvalue weighted by Gasteiger charge is -2.12. The van der Waals surface area contributed by atoms with Crippen LogP contribution in [0.3, 0.4) is 0 Å². The maximum absolute atomic E-state index is 12.7. The van der Waals surface area contributed by atoms with E-state index in [1.54, 1.807) is 6.08 Å². The van der Waals surface area contributed by atoms with Gasteiger partial charge in [-0.25, -0.2) is 0 Å². The van der Waals surface area contributed by atoms with Gasteiger partial charge in [0.1, 0.15) is 11.6 Å². The molecule has 0 aliphatic carbocycles. The summed E-state index contributed by atoms with van der Waals surface area (Å²) in [5.74, 6) is -0.274. The van der Waals surface area contributed by atoms with Gasteiger partial charge in [0.05, 0.1) is 0 Å². The molecule has 5 heteroatoms. The van der Waals surface area contributed by atoms with Crippen LogP contribution < -0.4 is 5.32 Å². The Balaban J connectivity index is 2.00. The molecule has 1 N–H and O–H groups in total. The fourth-order valence-corrected chi connectivity index (χ4v) is 4.32. The number of unbranched alkanes of at least 4 members (excludes halogenated alkanes) is 7. The van der Waals surface area contributed by atoms with Crippen LogP contribution in [0.2, 0.25) is 0 Å². The van der Waals surface area contributed by atoms with Crippen molar-refractivity contribution in [3.63, 3.8) is 0 Å². The SMILES string of the molecule is CCCCCCCCCCNC(=O)/C(C#N)=C/c1c(C)n(CCCN(C)C)c2ccccc12. The summed E-state index contributed by atoms with van der Waals surface area (Å²) in [7, 11) is 4.17. The van der Waals surface area contributed by atoms with E-state index < -0.39 is 0 Å². The van der Waals surface area contributed by atoms with Gasteiger partial charge in [0.2, 0.25) is 0 Å². The smallest absolute Gasteiger partial charge is 0.261 e. The number of aromatic nitrogens is 1. The maximum atomic E-state index is 12.7. The third-order valence-electron chi connectivity index (χ3n) is 6.24. The first kappa shape index (κ1) is 26.7. The highest BCUT2D eigenvalue weighted by Crippen LogP contribution is 2.28. The standard InChI is InChI=1S/C28H42N4O/c1-5-6-7-8-9-10-11-14-18-30-28(33)24(22-29)21-26-23(2)32(20-15-19-31(3)4)27-17-13-12-16-25(26)27/h12-13,16-17,21H,5-11,14-15,18-20H2,1-4H3,(H,30,33)/b24-21+. The number of nitrogens with zero attached hydrogens (tertiary/aromatic N) is 3. The predicted octanol–water partition coefficient (Wildman–Crippen LogP) is 6.07. The number of para-hydroxylation sites is 1. The molecule has 0 spiro atoms. The molecule has 0 bridgehead atoms. The minimum atomic E-state index is -0.274. The molecule has 180 valence electrons. The van der Waals surface area contributed by atoms with Crippen molar-refractivity contribution in [1.82, 2.24) is 14.8 Å². The molecule has 0 atom stereocenters. The molecule has 1 amide bonds. The lowest BCUT2D eigenvalue weighted by Crippen LogP contribution is -2.25. The van der Waals surface area contributed by atoms with Crippen molar-refractivity contribution in [1.29, 1.82) is 5.26 Å². The first-order valence-electron chi connectivity index (χ1n) is 12.6. The minimum Gasteiger partial charge on any atom is -0.351 e. The molecule has 2 rings (SSSR count). The lowest BCUT2D eigenvalue weighted by atomic mass is 10.1. The Hall–Kier alpha value is -2.58. The number of aryl methyl sites for hydroxylation is 1. The summed E-state index contributed by atoms with van der Waals surface area (Å²) >= 11 is 0. The van der Waals surface area contributed by atoms with Gasteiger partial charge in [0.15, 0.2) is 0 Å². The van der Waals surface area contributed by atoms with Gasteiger partial charge in [0.25, 0.3) is 5.91 Å². The molecule has 0 radical (unpaired) electrons. The van der Waals surface area contributed by atoms with E-state index >= 15 is 0 Å². The number of amides is 1. The summed E-state index contributed by atoms with van der Waals surface area (Å²) in [6, 6.07) is 10.4. The second-order valence-electron chi connectivity index (χ2n) is 9.23. The van der Waals surface area contributed by atoms with Crippen molar-refractivity contribution < 1.29 is 4.79 Å². The van der Waals surface area contributed by atoms with Crippen LogP contribution in [-0.4, -0.2) is 42.6 Å². The third-order valence-corrected chi connectivity index (χ3v) is 6.24. The highest BCUT2D eigenvalue weighted by molar-refractivity contribution is 6.04. The lowest BCUT2D eigenvalue weighted by molar-refractivity contribution is -0.117. The van der Waals surface area contributed by atoms with E-state index in [0.29, 0.717) is 6.54 Å². The first-order valence-corrected chi connectivity index (χ1v) is 12.6. The first-order chi connectivity index (χ1) is 16.0. The van der Waals surface area contributed by atoms with Gasteiger partial charge in [-0.05, 0) is 52.5 Å². The van der Waals surface area contributed by atoms with Crippen LogP contribution in [-0.2, 0) is 11.3 Å². The Kier molecular flexibility index (Phi) is 11.8. The number of nitriles is 1. The quantitative estimate of drug-likeness (QED) is 0.204. The molecule has 0 saturated carbocycles. The van der Waals surface area contributed by atoms with Crippen molar-refractivity contribution in [2.45, 2.75) is 78.2 Å². The maximum Gasteiger partial charge on any atom is 0.261 e. The van der Waals surface area contributed by atoms with Gasteiger partial charge >= 0.3 is 0 Å². The Labute approximate surface area is 200 Å². The van der Waals surface area contributed by atoms with Crippen molar-refractivity contribution >= 4 is 22.9 Å². The van der Waals surface area contributed by atoms with Crippen LogP contribution in [0.4, 0.5) is 0 Å². The van der Waals surface area contributed by atoms with E-state index in [1.165, 1.54) is 38.5 Å². The molecule has 0 fully saturated rings. The monoisotopic (exact) mass is 450 g/mol. The van der Waals surface area contributed by atoms with Crippen molar-refractivity contribution in [2.24, 2.45) is 0 Å².